The maximum absolute atomic E-state index is 4.18. The summed E-state index contributed by atoms with van der Waals surface area (Å²) in [5.74, 6) is 0.810. The number of tetrazole rings is 1. The van der Waals surface area contributed by atoms with Gasteiger partial charge in [0, 0.05) is 18.4 Å². The van der Waals surface area contributed by atoms with Crippen molar-refractivity contribution in [3.05, 3.63) is 66.2 Å². The van der Waals surface area contributed by atoms with Gasteiger partial charge in [-0.1, -0.05) is 24.3 Å². The smallest absolute Gasteiger partial charge is 0.170 e. The molecule has 1 aromatic carbocycles. The number of nitrogens with zero attached hydrogens (tertiary/aromatic N) is 6. The second kappa shape index (κ2) is 6.44. The first kappa shape index (κ1) is 14.3. The zero-order chi connectivity index (χ0) is 15.4. The van der Waals surface area contributed by atoms with Crippen LogP contribution in [0.3, 0.4) is 0 Å². The number of hydrogen-bond acceptors (Lipinski definition) is 5. The van der Waals surface area contributed by atoms with E-state index in [-0.39, 0.29) is 6.04 Å². The Morgan fingerprint density at radius 2 is 1.95 bits per heavy atom. The highest BCUT2D eigenvalue weighted by Gasteiger charge is 2.16. The van der Waals surface area contributed by atoms with Gasteiger partial charge in [0.15, 0.2) is 5.82 Å². The lowest BCUT2D eigenvalue weighted by Gasteiger charge is -2.24. The summed E-state index contributed by atoms with van der Waals surface area (Å²) in [6.45, 7) is 2.80. The van der Waals surface area contributed by atoms with E-state index in [0.717, 1.165) is 11.5 Å². The summed E-state index contributed by atoms with van der Waals surface area (Å²) in [4.78, 5) is 6.37. The van der Waals surface area contributed by atoms with Gasteiger partial charge in [-0.2, -0.15) is 4.68 Å². The molecule has 112 valence electrons. The predicted molar refractivity (Wildman–Crippen MR) is 83.3 cm³/mol. The molecule has 0 aliphatic carbocycles. The first-order chi connectivity index (χ1) is 10.8. The third-order valence-electron chi connectivity index (χ3n) is 3.75. The minimum absolute atomic E-state index is 0.231. The summed E-state index contributed by atoms with van der Waals surface area (Å²) in [7, 11) is 2.06. The van der Waals surface area contributed by atoms with Crippen LogP contribution in [-0.2, 0) is 6.54 Å². The molecule has 2 heterocycles. The summed E-state index contributed by atoms with van der Waals surface area (Å²) in [5, 5.41) is 12.0. The molecule has 6 heteroatoms. The summed E-state index contributed by atoms with van der Waals surface area (Å²) in [5.41, 5.74) is 2.13. The number of rotatable bonds is 5. The molecule has 0 radical (unpaired) electrons. The largest absolute Gasteiger partial charge is 0.292 e. The lowest BCUT2D eigenvalue weighted by molar-refractivity contribution is 0.244. The van der Waals surface area contributed by atoms with E-state index in [1.54, 1.807) is 10.9 Å². The highest BCUT2D eigenvalue weighted by atomic mass is 15.5. The minimum atomic E-state index is 0.231. The van der Waals surface area contributed by atoms with Crippen molar-refractivity contribution in [1.29, 1.82) is 0 Å². The van der Waals surface area contributed by atoms with Gasteiger partial charge in [-0.05, 0) is 48.2 Å². The zero-order valence-corrected chi connectivity index (χ0v) is 12.7. The Kier molecular flexibility index (Phi) is 4.20. The molecule has 1 atom stereocenters. The highest BCUT2D eigenvalue weighted by Crippen LogP contribution is 2.19. The third-order valence-corrected chi connectivity index (χ3v) is 3.75. The number of aromatic nitrogens is 5. The Bertz CT molecular complexity index is 710. The van der Waals surface area contributed by atoms with Crippen LogP contribution in [0.25, 0.3) is 5.69 Å². The van der Waals surface area contributed by atoms with E-state index >= 15 is 0 Å². The molecule has 0 unspecified atom stereocenters. The Balaban J connectivity index is 1.78. The van der Waals surface area contributed by atoms with Crippen LogP contribution in [0.1, 0.15) is 24.4 Å². The van der Waals surface area contributed by atoms with Crippen LogP contribution >= 0.6 is 0 Å². The minimum Gasteiger partial charge on any atom is -0.292 e. The molecule has 0 amide bonds. The van der Waals surface area contributed by atoms with E-state index in [2.05, 4.69) is 45.4 Å². The Morgan fingerprint density at radius 3 is 2.68 bits per heavy atom. The molecule has 0 N–H and O–H groups in total. The van der Waals surface area contributed by atoms with Crippen LogP contribution in [0.2, 0.25) is 0 Å². The summed E-state index contributed by atoms with van der Waals surface area (Å²) < 4.78 is 1.77. The number of benzene rings is 1. The monoisotopic (exact) mass is 294 g/mol. The molecule has 3 rings (SSSR count). The lowest BCUT2D eigenvalue weighted by atomic mass is 10.1. The molecule has 3 aromatic rings. The summed E-state index contributed by atoms with van der Waals surface area (Å²) in [6.07, 6.45) is 3.67. The molecule has 2 aromatic heterocycles. The SMILES string of the molecule is C[C@H](c1cccnc1)N(C)Cc1nnnn1-c1ccccc1. The van der Waals surface area contributed by atoms with Crippen molar-refractivity contribution >= 4 is 0 Å². The van der Waals surface area contributed by atoms with E-state index in [1.165, 1.54) is 5.56 Å². The molecule has 0 aliphatic heterocycles. The van der Waals surface area contributed by atoms with Crippen molar-refractivity contribution in [2.75, 3.05) is 7.05 Å². The molecule has 0 saturated carbocycles. The van der Waals surface area contributed by atoms with Crippen LogP contribution in [0, 0.1) is 0 Å². The molecule has 0 spiro atoms. The van der Waals surface area contributed by atoms with Crippen molar-refractivity contribution in [2.45, 2.75) is 19.5 Å². The van der Waals surface area contributed by atoms with Crippen LogP contribution in [0.15, 0.2) is 54.9 Å². The van der Waals surface area contributed by atoms with Gasteiger partial charge in [-0.25, -0.2) is 0 Å². The lowest BCUT2D eigenvalue weighted by Crippen LogP contribution is -2.24. The molecule has 22 heavy (non-hydrogen) atoms. The molecule has 0 saturated heterocycles. The van der Waals surface area contributed by atoms with Crippen molar-refractivity contribution in [1.82, 2.24) is 30.1 Å². The van der Waals surface area contributed by atoms with E-state index in [1.807, 2.05) is 42.6 Å². The van der Waals surface area contributed by atoms with Crippen LogP contribution < -0.4 is 0 Å². The Hall–Kier alpha value is -2.60. The topological polar surface area (TPSA) is 59.7 Å². The normalized spacial score (nSPS) is 12.5. The average molecular weight is 294 g/mol. The first-order valence-corrected chi connectivity index (χ1v) is 7.18. The van der Waals surface area contributed by atoms with Gasteiger partial charge in [0.05, 0.1) is 12.2 Å². The highest BCUT2D eigenvalue weighted by molar-refractivity contribution is 5.30. The van der Waals surface area contributed by atoms with Crippen molar-refractivity contribution in [2.24, 2.45) is 0 Å². The first-order valence-electron chi connectivity index (χ1n) is 7.18. The van der Waals surface area contributed by atoms with Crippen molar-refractivity contribution in [3.63, 3.8) is 0 Å². The van der Waals surface area contributed by atoms with E-state index < -0.39 is 0 Å². The van der Waals surface area contributed by atoms with Gasteiger partial charge in [0.1, 0.15) is 0 Å². The van der Waals surface area contributed by atoms with E-state index in [0.29, 0.717) is 6.54 Å². The maximum Gasteiger partial charge on any atom is 0.170 e. The summed E-state index contributed by atoms with van der Waals surface area (Å²) >= 11 is 0. The van der Waals surface area contributed by atoms with Gasteiger partial charge in [-0.3, -0.25) is 9.88 Å². The van der Waals surface area contributed by atoms with Gasteiger partial charge in [0.2, 0.25) is 0 Å². The molecule has 6 nitrogen and oxygen atoms in total. The fourth-order valence-corrected chi connectivity index (χ4v) is 2.31. The second-order valence-electron chi connectivity index (χ2n) is 5.22. The number of pyridine rings is 1. The molecule has 0 aliphatic rings. The standard InChI is InChI=1S/C16H18N6/c1-13(14-7-6-10-17-11-14)21(2)12-16-18-19-20-22(16)15-8-4-3-5-9-15/h3-11,13H,12H2,1-2H3/t13-/m1/s1. The third kappa shape index (κ3) is 3.01. The van der Waals surface area contributed by atoms with Gasteiger partial charge < -0.3 is 0 Å². The van der Waals surface area contributed by atoms with Crippen LogP contribution in [0.4, 0.5) is 0 Å². The summed E-state index contributed by atoms with van der Waals surface area (Å²) in [6, 6.07) is 14.2. The maximum atomic E-state index is 4.18. The number of hydrogen-bond donors (Lipinski definition) is 0. The van der Waals surface area contributed by atoms with E-state index in [4.69, 9.17) is 0 Å². The fraction of sp³-hybridized carbons (Fsp3) is 0.250. The average Bonchev–Trinajstić information content (AvgIpc) is 3.04. The van der Waals surface area contributed by atoms with Crippen LogP contribution in [-0.4, -0.2) is 37.1 Å². The quantitative estimate of drug-likeness (QED) is 0.722. The van der Waals surface area contributed by atoms with Crippen LogP contribution in [0.5, 0.6) is 0 Å². The number of para-hydroxylation sites is 1. The van der Waals surface area contributed by atoms with Gasteiger partial charge in [-0.15, -0.1) is 5.10 Å². The van der Waals surface area contributed by atoms with Gasteiger partial charge in [0.25, 0.3) is 0 Å². The van der Waals surface area contributed by atoms with E-state index in [9.17, 15) is 0 Å². The Morgan fingerprint density at radius 1 is 1.14 bits per heavy atom. The zero-order valence-electron chi connectivity index (χ0n) is 12.7. The fourth-order valence-electron chi connectivity index (χ4n) is 2.31. The molecular formula is C16H18N6. The Labute approximate surface area is 129 Å². The van der Waals surface area contributed by atoms with Crippen molar-refractivity contribution < 1.29 is 0 Å². The second-order valence-corrected chi connectivity index (χ2v) is 5.22. The van der Waals surface area contributed by atoms with Crippen molar-refractivity contribution in [3.8, 4) is 5.69 Å². The predicted octanol–water partition coefficient (Wildman–Crippen LogP) is 2.25. The molecule has 0 fully saturated rings. The van der Waals surface area contributed by atoms with Gasteiger partial charge >= 0.3 is 0 Å². The molecule has 0 bridgehead atoms. The molecular weight excluding hydrogens is 276 g/mol.